The average molecular weight is 488 g/mol. The number of ether oxygens (including phenoxy) is 2. The van der Waals surface area contributed by atoms with E-state index in [1.54, 1.807) is 35.1 Å². The van der Waals surface area contributed by atoms with Crippen molar-refractivity contribution in [1.82, 2.24) is 19.8 Å². The number of carbonyl (C=O) groups excluding carboxylic acids is 1. The maximum atomic E-state index is 15.4. The van der Waals surface area contributed by atoms with Crippen LogP contribution in [0, 0.1) is 11.7 Å². The van der Waals surface area contributed by atoms with Gasteiger partial charge in [0.1, 0.15) is 18.3 Å². The molecule has 1 unspecified atom stereocenters. The molecule has 1 aromatic carbocycles. The number of pyridine rings is 1. The number of nitrogens with one attached hydrogen (secondary N) is 2. The van der Waals surface area contributed by atoms with Crippen molar-refractivity contribution in [3.05, 3.63) is 41.4 Å². The Balaban J connectivity index is 1.34. The molecule has 0 spiro atoms. The molecule has 1 aliphatic heterocycles. The van der Waals surface area contributed by atoms with E-state index in [1.165, 1.54) is 0 Å². The number of hydrogen-bond donors (Lipinski definition) is 2. The average Bonchev–Trinajstić information content (AvgIpc) is 3.26. The largest absolute Gasteiger partial charge is 0.485 e. The normalized spacial score (nSPS) is 21.9. The van der Waals surface area contributed by atoms with E-state index in [4.69, 9.17) is 21.1 Å². The number of alkyl halides is 1. The van der Waals surface area contributed by atoms with E-state index in [2.05, 4.69) is 20.6 Å². The SMILES string of the molecule is O=C(Nc1cc2cc(-c3c(Cl)c(F)c(OCC4CCCO4)c4[nH]ncc34)ccn2n1)[C@@H]1C[C@@H]1F. The van der Waals surface area contributed by atoms with Gasteiger partial charge in [0, 0.05) is 29.8 Å². The number of halogens is 3. The molecule has 1 aliphatic carbocycles. The smallest absolute Gasteiger partial charge is 0.231 e. The second kappa shape index (κ2) is 8.21. The van der Waals surface area contributed by atoms with Gasteiger partial charge < -0.3 is 14.8 Å². The van der Waals surface area contributed by atoms with Crippen LogP contribution in [0.25, 0.3) is 27.5 Å². The van der Waals surface area contributed by atoms with E-state index in [0.717, 1.165) is 12.8 Å². The van der Waals surface area contributed by atoms with Crippen molar-refractivity contribution in [2.45, 2.75) is 31.5 Å². The van der Waals surface area contributed by atoms with Crippen LogP contribution in [0.2, 0.25) is 5.02 Å². The highest BCUT2D eigenvalue weighted by molar-refractivity contribution is 6.35. The van der Waals surface area contributed by atoms with Crippen molar-refractivity contribution in [3.63, 3.8) is 0 Å². The predicted molar refractivity (Wildman–Crippen MR) is 121 cm³/mol. The lowest BCUT2D eigenvalue weighted by atomic mass is 10.0. The van der Waals surface area contributed by atoms with Gasteiger partial charge in [-0.15, -0.1) is 0 Å². The van der Waals surface area contributed by atoms with Gasteiger partial charge in [0.25, 0.3) is 0 Å². The van der Waals surface area contributed by atoms with E-state index in [0.29, 0.717) is 40.0 Å². The molecule has 11 heteroatoms. The number of H-pyrrole nitrogens is 1. The Morgan fingerprint density at radius 3 is 3.03 bits per heavy atom. The highest BCUT2D eigenvalue weighted by atomic mass is 35.5. The third-order valence-electron chi connectivity index (χ3n) is 6.24. The summed E-state index contributed by atoms with van der Waals surface area (Å²) in [5.41, 5.74) is 2.14. The molecule has 2 N–H and O–H groups in total. The van der Waals surface area contributed by atoms with Gasteiger partial charge in [-0.05, 0) is 37.0 Å². The molecule has 8 nitrogen and oxygen atoms in total. The van der Waals surface area contributed by atoms with E-state index < -0.39 is 17.9 Å². The molecule has 3 aromatic heterocycles. The number of nitrogens with zero attached hydrogens (tertiary/aromatic N) is 3. The van der Waals surface area contributed by atoms with Gasteiger partial charge in [0.15, 0.2) is 17.4 Å². The molecule has 1 saturated carbocycles. The lowest BCUT2D eigenvalue weighted by Crippen LogP contribution is -2.17. The van der Waals surface area contributed by atoms with Crippen LogP contribution >= 0.6 is 11.6 Å². The number of aromatic amines is 1. The first kappa shape index (κ1) is 21.3. The molecule has 2 aliphatic rings. The van der Waals surface area contributed by atoms with Crippen LogP contribution in [-0.2, 0) is 9.53 Å². The summed E-state index contributed by atoms with van der Waals surface area (Å²) in [5, 5.41) is 14.3. The van der Waals surface area contributed by atoms with Crippen molar-refractivity contribution < 1.29 is 23.0 Å². The van der Waals surface area contributed by atoms with Crippen LogP contribution in [0.1, 0.15) is 19.3 Å². The number of aromatic nitrogens is 4. The zero-order chi connectivity index (χ0) is 23.4. The van der Waals surface area contributed by atoms with Crippen molar-refractivity contribution in [2.24, 2.45) is 5.92 Å². The van der Waals surface area contributed by atoms with E-state index in [9.17, 15) is 9.18 Å². The minimum absolute atomic E-state index is 0.0124. The monoisotopic (exact) mass is 487 g/mol. The van der Waals surface area contributed by atoms with E-state index >= 15 is 4.39 Å². The summed E-state index contributed by atoms with van der Waals surface area (Å²) in [4.78, 5) is 12.0. The van der Waals surface area contributed by atoms with Crippen LogP contribution < -0.4 is 10.1 Å². The summed E-state index contributed by atoms with van der Waals surface area (Å²) < 4.78 is 41.4. The maximum Gasteiger partial charge on any atom is 0.231 e. The molecule has 0 bridgehead atoms. The highest BCUT2D eigenvalue weighted by Crippen LogP contribution is 2.43. The summed E-state index contributed by atoms with van der Waals surface area (Å²) in [7, 11) is 0. The molecule has 3 atom stereocenters. The van der Waals surface area contributed by atoms with Crippen molar-refractivity contribution >= 4 is 39.7 Å². The van der Waals surface area contributed by atoms with Crippen LogP contribution in [0.15, 0.2) is 30.6 Å². The summed E-state index contributed by atoms with van der Waals surface area (Å²) in [6.45, 7) is 0.899. The Kier molecular flexibility index (Phi) is 5.14. The van der Waals surface area contributed by atoms with Gasteiger partial charge in [-0.1, -0.05) is 11.6 Å². The van der Waals surface area contributed by atoms with Crippen molar-refractivity contribution in [1.29, 1.82) is 0 Å². The molecule has 1 amide bonds. The Morgan fingerprint density at radius 1 is 1.41 bits per heavy atom. The quantitative estimate of drug-likeness (QED) is 0.417. The Labute approximate surface area is 197 Å². The third-order valence-corrected chi connectivity index (χ3v) is 6.59. The number of carbonyl (C=O) groups is 1. The van der Waals surface area contributed by atoms with E-state index in [-0.39, 0.29) is 35.8 Å². The lowest BCUT2D eigenvalue weighted by molar-refractivity contribution is -0.117. The Hall–Kier alpha value is -3.24. The van der Waals surface area contributed by atoms with Gasteiger partial charge in [-0.2, -0.15) is 10.2 Å². The Bertz CT molecular complexity index is 1410. The third kappa shape index (κ3) is 3.67. The molecule has 0 radical (unpaired) electrons. The molecule has 1 saturated heterocycles. The number of fused-ring (bicyclic) bond motifs is 2. The van der Waals surface area contributed by atoms with Crippen molar-refractivity contribution in [3.8, 4) is 16.9 Å². The predicted octanol–water partition coefficient (Wildman–Crippen LogP) is 4.52. The Morgan fingerprint density at radius 2 is 2.26 bits per heavy atom. The van der Waals surface area contributed by atoms with Gasteiger partial charge in [0.05, 0.1) is 28.8 Å². The maximum absolute atomic E-state index is 15.4. The van der Waals surface area contributed by atoms with Gasteiger partial charge in [-0.3, -0.25) is 9.89 Å². The fraction of sp³-hybridized carbons (Fsp3) is 0.348. The molecular formula is C23H20ClF2N5O3. The fourth-order valence-corrected chi connectivity index (χ4v) is 4.62. The first-order valence-electron chi connectivity index (χ1n) is 11.0. The second-order valence-electron chi connectivity index (χ2n) is 8.60. The minimum atomic E-state index is -1.09. The van der Waals surface area contributed by atoms with Gasteiger partial charge >= 0.3 is 0 Å². The molecule has 6 rings (SSSR count). The van der Waals surface area contributed by atoms with Gasteiger partial charge in [0.2, 0.25) is 5.91 Å². The first-order valence-corrected chi connectivity index (χ1v) is 11.4. The summed E-state index contributed by atoms with van der Waals surface area (Å²) in [5.74, 6) is -1.36. The summed E-state index contributed by atoms with van der Waals surface area (Å²) >= 11 is 6.50. The zero-order valence-corrected chi connectivity index (χ0v) is 18.6. The van der Waals surface area contributed by atoms with Gasteiger partial charge in [-0.25, -0.2) is 13.3 Å². The lowest BCUT2D eigenvalue weighted by Gasteiger charge is -2.15. The number of amides is 1. The number of benzene rings is 1. The van der Waals surface area contributed by atoms with E-state index in [1.807, 2.05) is 0 Å². The molecule has 2 fully saturated rings. The summed E-state index contributed by atoms with van der Waals surface area (Å²) in [6.07, 6.45) is 4.14. The standard InChI is InChI=1S/C23H20ClF2N5O3/c24-19-18(15-9-27-29-21(15)22(20(19)26)34-10-13-2-1-5-33-13)11-3-4-31-12(6-11)7-17(30-31)28-23(32)14-8-16(14)25/h3-4,6-7,9,13-14,16H,1-2,5,8,10H2,(H,27,29)(H,28,30,32)/t13?,14-,16+/m1/s1. The molecule has 34 heavy (non-hydrogen) atoms. The van der Waals surface area contributed by atoms with Crippen molar-refractivity contribution in [2.75, 3.05) is 18.5 Å². The van der Waals surface area contributed by atoms with Crippen LogP contribution in [0.4, 0.5) is 14.6 Å². The number of rotatable bonds is 6. The summed E-state index contributed by atoms with van der Waals surface area (Å²) in [6, 6.07) is 5.18. The second-order valence-corrected chi connectivity index (χ2v) is 8.98. The highest BCUT2D eigenvalue weighted by Gasteiger charge is 2.43. The van der Waals surface area contributed by atoms with Crippen LogP contribution in [0.5, 0.6) is 5.75 Å². The topological polar surface area (TPSA) is 93.5 Å². The van der Waals surface area contributed by atoms with Crippen LogP contribution in [-0.4, -0.2) is 51.2 Å². The molecule has 176 valence electrons. The first-order chi connectivity index (χ1) is 16.5. The number of anilines is 1. The molecular weight excluding hydrogens is 468 g/mol. The molecule has 4 heterocycles. The fourth-order valence-electron chi connectivity index (χ4n) is 4.32. The number of hydrogen-bond acceptors (Lipinski definition) is 5. The minimum Gasteiger partial charge on any atom is -0.485 e. The van der Waals surface area contributed by atoms with Crippen LogP contribution in [0.3, 0.4) is 0 Å². The zero-order valence-electron chi connectivity index (χ0n) is 17.9. The molecule has 4 aromatic rings.